The van der Waals surface area contributed by atoms with Gasteiger partial charge in [0.2, 0.25) is 0 Å². The number of carbonyl (C=O) groups is 1. The molecule has 0 spiro atoms. The van der Waals surface area contributed by atoms with Gasteiger partial charge in [-0.2, -0.15) is 0 Å². The Bertz CT molecular complexity index is 436. The van der Waals surface area contributed by atoms with Gasteiger partial charge in [0.15, 0.2) is 0 Å². The van der Waals surface area contributed by atoms with E-state index in [0.29, 0.717) is 11.3 Å². The summed E-state index contributed by atoms with van der Waals surface area (Å²) >= 11 is 0. The molecule has 0 aromatic heterocycles. The fraction of sp³-hybridized carbons (Fsp3) is 0.357. The molecule has 0 aliphatic carbocycles. The van der Waals surface area contributed by atoms with Crippen LogP contribution < -0.4 is 5.73 Å². The van der Waals surface area contributed by atoms with Crippen LogP contribution in [0.1, 0.15) is 10.4 Å². The highest BCUT2D eigenvalue weighted by atomic mass is 16.2. The third-order valence-electron chi connectivity index (χ3n) is 3.24. The lowest BCUT2D eigenvalue weighted by molar-refractivity contribution is 0.0651. The molecule has 0 saturated carbocycles. The van der Waals surface area contributed by atoms with Crippen molar-refractivity contribution in [3.05, 3.63) is 42.5 Å². The number of benzene rings is 1. The number of hydrogen-bond acceptors (Lipinski definition) is 3. The normalized spacial score (nSPS) is 16.6. The van der Waals surface area contributed by atoms with Crippen LogP contribution in [0.4, 0.5) is 5.69 Å². The first-order valence-electron chi connectivity index (χ1n) is 6.19. The second-order valence-corrected chi connectivity index (χ2v) is 4.47. The quantitative estimate of drug-likeness (QED) is 0.643. The van der Waals surface area contributed by atoms with Gasteiger partial charge < -0.3 is 10.6 Å². The summed E-state index contributed by atoms with van der Waals surface area (Å²) in [5, 5.41) is 0. The lowest BCUT2D eigenvalue weighted by atomic mass is 10.1. The molecule has 0 unspecified atom stereocenters. The molecule has 0 bridgehead atoms. The Morgan fingerprint density at radius 1 is 1.28 bits per heavy atom. The van der Waals surface area contributed by atoms with E-state index in [1.165, 1.54) is 0 Å². The van der Waals surface area contributed by atoms with E-state index in [1.807, 2.05) is 23.1 Å². The first-order chi connectivity index (χ1) is 8.72. The number of nitrogen functional groups attached to an aromatic ring is 1. The van der Waals surface area contributed by atoms with Crippen molar-refractivity contribution in [2.75, 3.05) is 38.5 Å². The van der Waals surface area contributed by atoms with Crippen LogP contribution >= 0.6 is 0 Å². The number of piperazine rings is 1. The predicted molar refractivity (Wildman–Crippen MR) is 73.4 cm³/mol. The van der Waals surface area contributed by atoms with Crippen molar-refractivity contribution in [3.63, 3.8) is 0 Å². The molecule has 18 heavy (non-hydrogen) atoms. The average Bonchev–Trinajstić information content (AvgIpc) is 2.40. The smallest absolute Gasteiger partial charge is 0.256 e. The molecule has 1 aliphatic rings. The number of carbonyl (C=O) groups excluding carboxylic acids is 1. The highest BCUT2D eigenvalue weighted by Gasteiger charge is 2.22. The van der Waals surface area contributed by atoms with Gasteiger partial charge in [0, 0.05) is 38.4 Å². The average molecular weight is 245 g/mol. The number of hydrogen-bond donors (Lipinski definition) is 1. The van der Waals surface area contributed by atoms with E-state index < -0.39 is 0 Å². The van der Waals surface area contributed by atoms with E-state index in [1.54, 1.807) is 12.1 Å². The maximum absolute atomic E-state index is 12.3. The van der Waals surface area contributed by atoms with Gasteiger partial charge in [0.1, 0.15) is 0 Å². The fourth-order valence-electron chi connectivity index (χ4n) is 2.18. The highest BCUT2D eigenvalue weighted by molar-refractivity contribution is 5.99. The molecule has 0 radical (unpaired) electrons. The fourth-order valence-corrected chi connectivity index (χ4v) is 2.18. The summed E-state index contributed by atoms with van der Waals surface area (Å²) in [7, 11) is 0. The number of amides is 1. The van der Waals surface area contributed by atoms with Crippen molar-refractivity contribution in [2.45, 2.75) is 0 Å². The molecule has 1 heterocycles. The summed E-state index contributed by atoms with van der Waals surface area (Å²) < 4.78 is 0. The first kappa shape index (κ1) is 12.6. The van der Waals surface area contributed by atoms with Gasteiger partial charge in [-0.3, -0.25) is 9.69 Å². The molecule has 4 heteroatoms. The summed E-state index contributed by atoms with van der Waals surface area (Å²) in [6.07, 6.45) is 1.90. The van der Waals surface area contributed by atoms with E-state index in [2.05, 4.69) is 11.5 Å². The summed E-state index contributed by atoms with van der Waals surface area (Å²) in [4.78, 5) is 16.4. The highest BCUT2D eigenvalue weighted by Crippen LogP contribution is 2.14. The zero-order valence-electron chi connectivity index (χ0n) is 10.5. The molecule has 2 rings (SSSR count). The molecule has 4 nitrogen and oxygen atoms in total. The summed E-state index contributed by atoms with van der Waals surface area (Å²) in [5.41, 5.74) is 6.99. The van der Waals surface area contributed by atoms with Crippen molar-refractivity contribution in [1.82, 2.24) is 9.80 Å². The zero-order chi connectivity index (χ0) is 13.0. The van der Waals surface area contributed by atoms with E-state index in [0.717, 1.165) is 32.7 Å². The molecule has 2 N–H and O–H groups in total. The Morgan fingerprint density at radius 2 is 1.94 bits per heavy atom. The number of rotatable bonds is 3. The Hall–Kier alpha value is -1.81. The van der Waals surface area contributed by atoms with Crippen molar-refractivity contribution in [1.29, 1.82) is 0 Å². The second-order valence-electron chi connectivity index (χ2n) is 4.47. The van der Waals surface area contributed by atoms with Crippen LogP contribution in [0.5, 0.6) is 0 Å². The third-order valence-corrected chi connectivity index (χ3v) is 3.24. The standard InChI is InChI=1S/C14H19N3O/c1-2-7-16-8-10-17(11-9-16)14(18)12-5-3-4-6-13(12)15/h2-6H,1,7-11,15H2. The van der Waals surface area contributed by atoms with Gasteiger partial charge in [-0.05, 0) is 12.1 Å². The van der Waals surface area contributed by atoms with Crippen molar-refractivity contribution in [2.24, 2.45) is 0 Å². The van der Waals surface area contributed by atoms with Crippen LogP contribution in [-0.2, 0) is 0 Å². The minimum Gasteiger partial charge on any atom is -0.398 e. The van der Waals surface area contributed by atoms with E-state index in [9.17, 15) is 4.79 Å². The summed E-state index contributed by atoms with van der Waals surface area (Å²) in [5.74, 6) is 0.0337. The van der Waals surface area contributed by atoms with Crippen LogP contribution in [0.2, 0.25) is 0 Å². The second kappa shape index (κ2) is 5.69. The van der Waals surface area contributed by atoms with Gasteiger partial charge in [-0.1, -0.05) is 18.2 Å². The maximum Gasteiger partial charge on any atom is 0.256 e. The summed E-state index contributed by atoms with van der Waals surface area (Å²) in [6.45, 7) is 7.90. The lowest BCUT2D eigenvalue weighted by Crippen LogP contribution is -2.48. The topological polar surface area (TPSA) is 49.6 Å². The van der Waals surface area contributed by atoms with Gasteiger partial charge in [-0.25, -0.2) is 0 Å². The number of nitrogens with zero attached hydrogens (tertiary/aromatic N) is 2. The molecule has 1 aliphatic heterocycles. The molecule has 96 valence electrons. The van der Waals surface area contributed by atoms with Crippen LogP contribution in [0.15, 0.2) is 36.9 Å². The first-order valence-corrected chi connectivity index (χ1v) is 6.19. The molecule has 1 aromatic rings. The minimum atomic E-state index is 0.0337. The summed E-state index contributed by atoms with van der Waals surface area (Å²) in [6, 6.07) is 7.24. The van der Waals surface area contributed by atoms with Crippen molar-refractivity contribution < 1.29 is 4.79 Å². The molecule has 1 fully saturated rings. The van der Waals surface area contributed by atoms with Gasteiger partial charge in [-0.15, -0.1) is 6.58 Å². The van der Waals surface area contributed by atoms with Crippen LogP contribution in [0, 0.1) is 0 Å². The molecule has 1 aromatic carbocycles. The monoisotopic (exact) mass is 245 g/mol. The lowest BCUT2D eigenvalue weighted by Gasteiger charge is -2.34. The molecular formula is C14H19N3O. The molecule has 1 saturated heterocycles. The van der Waals surface area contributed by atoms with Crippen LogP contribution in [-0.4, -0.2) is 48.4 Å². The van der Waals surface area contributed by atoms with Gasteiger partial charge in [0.05, 0.1) is 5.56 Å². The van der Waals surface area contributed by atoms with Crippen molar-refractivity contribution in [3.8, 4) is 0 Å². The predicted octanol–water partition coefficient (Wildman–Crippen LogP) is 1.21. The Labute approximate surface area is 108 Å². The number of anilines is 1. The Morgan fingerprint density at radius 3 is 2.56 bits per heavy atom. The Kier molecular flexibility index (Phi) is 3.99. The third kappa shape index (κ3) is 2.71. The van der Waals surface area contributed by atoms with Crippen LogP contribution in [0.25, 0.3) is 0 Å². The number of para-hydroxylation sites is 1. The zero-order valence-corrected chi connectivity index (χ0v) is 10.5. The minimum absolute atomic E-state index is 0.0337. The Balaban J connectivity index is 2.00. The van der Waals surface area contributed by atoms with Gasteiger partial charge >= 0.3 is 0 Å². The number of nitrogens with two attached hydrogens (primary N) is 1. The van der Waals surface area contributed by atoms with E-state index in [4.69, 9.17) is 5.73 Å². The molecule has 0 atom stereocenters. The van der Waals surface area contributed by atoms with E-state index in [-0.39, 0.29) is 5.91 Å². The van der Waals surface area contributed by atoms with Crippen molar-refractivity contribution >= 4 is 11.6 Å². The maximum atomic E-state index is 12.3. The SMILES string of the molecule is C=CCN1CCN(C(=O)c2ccccc2N)CC1. The van der Waals surface area contributed by atoms with Gasteiger partial charge in [0.25, 0.3) is 5.91 Å². The molecular weight excluding hydrogens is 226 g/mol. The largest absolute Gasteiger partial charge is 0.398 e. The molecule has 1 amide bonds. The van der Waals surface area contributed by atoms with Crippen LogP contribution in [0.3, 0.4) is 0 Å². The van der Waals surface area contributed by atoms with E-state index >= 15 is 0 Å².